The zero-order valence-corrected chi connectivity index (χ0v) is 8.18. The van der Waals surface area contributed by atoms with Gasteiger partial charge in [-0.1, -0.05) is 18.2 Å². The molecule has 3 nitrogen and oxygen atoms in total. The van der Waals surface area contributed by atoms with Gasteiger partial charge in [0, 0.05) is 11.6 Å². The Morgan fingerprint density at radius 3 is 3.00 bits per heavy atom. The molecule has 0 saturated carbocycles. The van der Waals surface area contributed by atoms with Crippen molar-refractivity contribution >= 4 is 10.9 Å². The van der Waals surface area contributed by atoms with Crippen LogP contribution in [0.4, 0.5) is 0 Å². The summed E-state index contributed by atoms with van der Waals surface area (Å²) >= 11 is 0. The van der Waals surface area contributed by atoms with Crippen LogP contribution in [-0.4, -0.2) is 11.6 Å². The Bertz CT molecular complexity index is 497. The molecule has 15 heavy (non-hydrogen) atoms. The van der Waals surface area contributed by atoms with E-state index >= 15 is 0 Å². The fourth-order valence-electron chi connectivity index (χ4n) is 1.40. The summed E-state index contributed by atoms with van der Waals surface area (Å²) in [4.78, 5) is 4.25. The first kappa shape index (κ1) is 9.47. The largest absolute Gasteiger partial charge is 0.490 e. The highest BCUT2D eigenvalue weighted by Gasteiger charge is 2.01. The number of para-hydroxylation sites is 1. The maximum absolute atomic E-state index is 8.41. The number of ether oxygens (including phenoxy) is 1. The predicted octanol–water partition coefficient (Wildman–Crippen LogP) is 2.53. The van der Waals surface area contributed by atoms with E-state index in [9.17, 15) is 0 Å². The molecule has 2 rings (SSSR count). The molecule has 0 aliphatic carbocycles. The zero-order chi connectivity index (χ0) is 10.5. The number of fused-ring (bicyclic) bond motifs is 1. The lowest BCUT2D eigenvalue weighted by Crippen LogP contribution is -1.96. The zero-order valence-electron chi connectivity index (χ0n) is 8.18. The van der Waals surface area contributed by atoms with Gasteiger partial charge in [0.05, 0.1) is 12.5 Å². The third-order valence-corrected chi connectivity index (χ3v) is 2.07. The monoisotopic (exact) mass is 198 g/mol. The maximum Gasteiger partial charge on any atom is 0.145 e. The van der Waals surface area contributed by atoms with Crippen LogP contribution in [0.15, 0.2) is 36.5 Å². The molecule has 0 N–H and O–H groups in total. The molecule has 1 aromatic heterocycles. The topological polar surface area (TPSA) is 45.9 Å². The van der Waals surface area contributed by atoms with Crippen molar-refractivity contribution < 1.29 is 4.74 Å². The molecule has 0 bridgehead atoms. The summed E-state index contributed by atoms with van der Waals surface area (Å²) in [5.41, 5.74) is 0.845. The van der Waals surface area contributed by atoms with Crippen LogP contribution in [0.25, 0.3) is 10.9 Å². The van der Waals surface area contributed by atoms with E-state index in [4.69, 9.17) is 10.00 Å². The smallest absolute Gasteiger partial charge is 0.145 e. The second-order valence-electron chi connectivity index (χ2n) is 3.09. The van der Waals surface area contributed by atoms with Crippen LogP contribution in [0.5, 0.6) is 5.75 Å². The van der Waals surface area contributed by atoms with Crippen molar-refractivity contribution in [3.63, 3.8) is 0 Å². The van der Waals surface area contributed by atoms with Crippen LogP contribution in [0, 0.1) is 11.3 Å². The van der Waals surface area contributed by atoms with Crippen molar-refractivity contribution in [1.29, 1.82) is 5.26 Å². The summed E-state index contributed by atoms with van der Waals surface area (Å²) in [6, 6.07) is 11.7. The number of aromatic nitrogens is 1. The molecule has 0 atom stereocenters. The van der Waals surface area contributed by atoms with Crippen molar-refractivity contribution in [1.82, 2.24) is 4.98 Å². The third-order valence-electron chi connectivity index (χ3n) is 2.07. The molecule has 74 valence electrons. The van der Waals surface area contributed by atoms with Gasteiger partial charge < -0.3 is 4.74 Å². The highest BCUT2D eigenvalue weighted by Crippen LogP contribution is 2.22. The van der Waals surface area contributed by atoms with Crippen LogP contribution >= 0.6 is 0 Å². The quantitative estimate of drug-likeness (QED) is 0.712. The fraction of sp³-hybridized carbons (Fsp3) is 0.167. The van der Waals surface area contributed by atoms with Gasteiger partial charge in [-0.15, -0.1) is 0 Å². The molecule has 0 aliphatic heterocycles. The molecular formula is C12H10N2O. The summed E-state index contributed by atoms with van der Waals surface area (Å²) in [5, 5.41) is 9.46. The Morgan fingerprint density at radius 2 is 2.13 bits per heavy atom. The highest BCUT2D eigenvalue weighted by molar-refractivity contribution is 5.84. The number of pyridine rings is 1. The Hall–Kier alpha value is -2.08. The van der Waals surface area contributed by atoms with E-state index in [1.807, 2.05) is 36.4 Å². The lowest BCUT2D eigenvalue weighted by atomic mass is 10.2. The molecule has 1 aromatic carbocycles. The Balaban J connectivity index is 2.31. The van der Waals surface area contributed by atoms with Crippen LogP contribution in [0.1, 0.15) is 6.42 Å². The van der Waals surface area contributed by atoms with E-state index in [1.54, 1.807) is 6.20 Å². The highest BCUT2D eigenvalue weighted by atomic mass is 16.5. The van der Waals surface area contributed by atoms with Gasteiger partial charge >= 0.3 is 0 Å². The number of benzene rings is 1. The average Bonchev–Trinajstić information content (AvgIpc) is 2.30. The summed E-state index contributed by atoms with van der Waals surface area (Å²) < 4.78 is 5.47. The Kier molecular flexibility index (Phi) is 2.80. The van der Waals surface area contributed by atoms with Crippen molar-refractivity contribution in [3.05, 3.63) is 36.5 Å². The first-order valence-electron chi connectivity index (χ1n) is 4.75. The van der Waals surface area contributed by atoms with Gasteiger partial charge in [-0.2, -0.15) is 5.26 Å². The van der Waals surface area contributed by atoms with Gasteiger partial charge in [-0.3, -0.25) is 4.98 Å². The van der Waals surface area contributed by atoms with Crippen LogP contribution in [0.2, 0.25) is 0 Å². The molecule has 0 unspecified atom stereocenters. The molecular weight excluding hydrogens is 188 g/mol. The molecule has 3 heteroatoms. The second kappa shape index (κ2) is 4.43. The first-order chi connectivity index (χ1) is 7.42. The van der Waals surface area contributed by atoms with Crippen molar-refractivity contribution in [2.45, 2.75) is 6.42 Å². The number of nitrogens with zero attached hydrogens (tertiary/aromatic N) is 2. The fourth-order valence-corrected chi connectivity index (χ4v) is 1.40. The number of nitriles is 1. The molecule has 1 heterocycles. The first-order valence-corrected chi connectivity index (χ1v) is 4.75. The third kappa shape index (κ3) is 2.05. The Morgan fingerprint density at radius 1 is 1.27 bits per heavy atom. The minimum Gasteiger partial charge on any atom is -0.490 e. The van der Waals surface area contributed by atoms with E-state index in [1.165, 1.54) is 0 Å². The summed E-state index contributed by atoms with van der Waals surface area (Å²) in [6.07, 6.45) is 2.13. The molecule has 0 spiro atoms. The van der Waals surface area contributed by atoms with Crippen LogP contribution in [0.3, 0.4) is 0 Å². The van der Waals surface area contributed by atoms with Crippen molar-refractivity contribution in [2.75, 3.05) is 6.61 Å². The van der Waals surface area contributed by atoms with Crippen molar-refractivity contribution in [2.24, 2.45) is 0 Å². The lowest BCUT2D eigenvalue weighted by Gasteiger charge is -2.06. The van der Waals surface area contributed by atoms with E-state index in [-0.39, 0.29) is 0 Å². The summed E-state index contributed by atoms with van der Waals surface area (Å²) in [6.45, 7) is 0.409. The van der Waals surface area contributed by atoms with Gasteiger partial charge in [0.2, 0.25) is 0 Å². The van der Waals surface area contributed by atoms with Gasteiger partial charge in [0.15, 0.2) is 0 Å². The van der Waals surface area contributed by atoms with Gasteiger partial charge in [0.25, 0.3) is 0 Å². The molecule has 0 amide bonds. The van der Waals surface area contributed by atoms with E-state index in [0.717, 1.165) is 16.7 Å². The Labute approximate surface area is 87.9 Å². The minimum absolute atomic E-state index is 0.392. The summed E-state index contributed by atoms with van der Waals surface area (Å²) in [7, 11) is 0. The molecule has 2 aromatic rings. The predicted molar refractivity (Wildman–Crippen MR) is 57.5 cm³/mol. The SMILES string of the molecule is N#CCCOc1cccc2cccnc12. The van der Waals surface area contributed by atoms with E-state index in [0.29, 0.717) is 13.0 Å². The standard InChI is InChI=1S/C12H10N2O/c13-7-3-9-15-11-6-1-4-10-5-2-8-14-12(10)11/h1-2,4-6,8H,3,9H2. The molecule has 0 aliphatic rings. The van der Waals surface area contributed by atoms with Crippen LogP contribution < -0.4 is 4.74 Å². The van der Waals surface area contributed by atoms with Crippen LogP contribution in [-0.2, 0) is 0 Å². The van der Waals surface area contributed by atoms with E-state index in [2.05, 4.69) is 4.98 Å². The molecule has 0 fully saturated rings. The number of hydrogen-bond acceptors (Lipinski definition) is 3. The average molecular weight is 198 g/mol. The lowest BCUT2D eigenvalue weighted by molar-refractivity contribution is 0.330. The van der Waals surface area contributed by atoms with E-state index < -0.39 is 0 Å². The molecule has 0 saturated heterocycles. The van der Waals surface area contributed by atoms with Gasteiger partial charge in [0.1, 0.15) is 17.9 Å². The minimum atomic E-state index is 0.392. The molecule has 0 radical (unpaired) electrons. The normalized spacial score (nSPS) is 9.80. The van der Waals surface area contributed by atoms with Crippen molar-refractivity contribution in [3.8, 4) is 11.8 Å². The number of hydrogen-bond donors (Lipinski definition) is 0. The number of rotatable bonds is 3. The van der Waals surface area contributed by atoms with Gasteiger partial charge in [-0.25, -0.2) is 0 Å². The van der Waals surface area contributed by atoms with Gasteiger partial charge in [-0.05, 0) is 12.1 Å². The second-order valence-corrected chi connectivity index (χ2v) is 3.09. The summed E-state index contributed by atoms with van der Waals surface area (Å²) in [5.74, 6) is 0.739. The maximum atomic E-state index is 8.41.